The second kappa shape index (κ2) is 5.23. The van der Waals surface area contributed by atoms with E-state index in [2.05, 4.69) is 26.8 Å². The van der Waals surface area contributed by atoms with Gasteiger partial charge in [0.1, 0.15) is 5.82 Å². The van der Waals surface area contributed by atoms with E-state index in [4.69, 9.17) is 0 Å². The number of imidazole rings is 1. The fourth-order valence-electron chi connectivity index (χ4n) is 1.69. The fraction of sp³-hybridized carbons (Fsp3) is 0.455. The van der Waals surface area contributed by atoms with Crippen molar-refractivity contribution in [2.45, 2.75) is 19.4 Å². The second-order valence-corrected chi connectivity index (χ2v) is 4.59. The minimum atomic E-state index is 0.318. The Kier molecular flexibility index (Phi) is 3.69. The number of nitrogens with zero attached hydrogens (tertiary/aromatic N) is 3. The van der Waals surface area contributed by atoms with E-state index < -0.39 is 0 Å². The molecule has 0 bridgehead atoms. The van der Waals surface area contributed by atoms with Crippen molar-refractivity contribution < 1.29 is 0 Å². The normalized spacial score (nSPS) is 12.9. The number of thiazole rings is 1. The average Bonchev–Trinajstić information content (AvgIpc) is 2.90. The topological polar surface area (TPSA) is 42.7 Å². The van der Waals surface area contributed by atoms with Gasteiger partial charge in [0.2, 0.25) is 0 Å². The highest BCUT2D eigenvalue weighted by atomic mass is 32.1. The third kappa shape index (κ3) is 2.48. The van der Waals surface area contributed by atoms with Gasteiger partial charge in [0.25, 0.3) is 0 Å². The number of aryl methyl sites for hydroxylation is 1. The lowest BCUT2D eigenvalue weighted by Crippen LogP contribution is -2.23. The van der Waals surface area contributed by atoms with Crippen LogP contribution in [0, 0.1) is 0 Å². The summed E-state index contributed by atoms with van der Waals surface area (Å²) in [4.78, 5) is 9.75. The molecule has 0 aromatic carbocycles. The van der Waals surface area contributed by atoms with Crippen LogP contribution in [0.3, 0.4) is 0 Å². The second-order valence-electron chi connectivity index (χ2n) is 3.67. The average molecular weight is 236 g/mol. The molecule has 2 aromatic heterocycles. The minimum Gasteiger partial charge on any atom is -0.338 e. The molecule has 2 aromatic rings. The summed E-state index contributed by atoms with van der Waals surface area (Å²) in [6, 6.07) is 0.318. The van der Waals surface area contributed by atoms with Crippen molar-refractivity contribution in [3.05, 3.63) is 34.8 Å². The van der Waals surface area contributed by atoms with Crippen molar-refractivity contribution in [1.29, 1.82) is 0 Å². The molecule has 0 saturated carbocycles. The van der Waals surface area contributed by atoms with Gasteiger partial charge in [0.15, 0.2) is 0 Å². The lowest BCUT2D eigenvalue weighted by Gasteiger charge is -2.15. The van der Waals surface area contributed by atoms with Gasteiger partial charge in [-0.1, -0.05) is 6.92 Å². The highest BCUT2D eigenvalue weighted by molar-refractivity contribution is 7.09. The molecule has 16 heavy (non-hydrogen) atoms. The predicted octanol–water partition coefficient (Wildman–Crippen LogP) is 1.77. The molecular formula is C11H16N4S. The van der Waals surface area contributed by atoms with Gasteiger partial charge in [0, 0.05) is 36.9 Å². The van der Waals surface area contributed by atoms with E-state index in [0.29, 0.717) is 6.04 Å². The third-order valence-electron chi connectivity index (χ3n) is 2.55. The predicted molar refractivity (Wildman–Crippen MR) is 65.4 cm³/mol. The Morgan fingerprint density at radius 1 is 1.56 bits per heavy atom. The Balaban J connectivity index is 2.12. The first-order chi connectivity index (χ1) is 7.81. The maximum absolute atomic E-state index is 4.35. The molecule has 4 nitrogen and oxygen atoms in total. The highest BCUT2D eigenvalue weighted by Crippen LogP contribution is 2.20. The zero-order valence-electron chi connectivity index (χ0n) is 9.55. The maximum Gasteiger partial charge on any atom is 0.110 e. The number of hydrogen-bond acceptors (Lipinski definition) is 4. The molecule has 1 N–H and O–H groups in total. The Hall–Kier alpha value is -1.20. The van der Waals surface area contributed by atoms with Crippen molar-refractivity contribution in [2.24, 2.45) is 7.05 Å². The summed E-state index contributed by atoms with van der Waals surface area (Å²) in [7, 11) is 2.03. The molecule has 2 heterocycles. The van der Waals surface area contributed by atoms with Gasteiger partial charge in [-0.2, -0.15) is 0 Å². The van der Waals surface area contributed by atoms with E-state index in [1.807, 2.05) is 31.1 Å². The molecular weight excluding hydrogens is 220 g/mol. The molecule has 0 fully saturated rings. The van der Waals surface area contributed by atoms with Crippen LogP contribution in [0.5, 0.6) is 0 Å². The van der Waals surface area contributed by atoms with E-state index in [9.17, 15) is 0 Å². The molecule has 86 valence electrons. The zero-order valence-corrected chi connectivity index (χ0v) is 10.4. The molecule has 0 spiro atoms. The smallest absolute Gasteiger partial charge is 0.110 e. The Labute approximate surface area is 99.4 Å². The third-order valence-corrected chi connectivity index (χ3v) is 3.44. The molecule has 0 aliphatic heterocycles. The van der Waals surface area contributed by atoms with Gasteiger partial charge in [-0.05, 0) is 6.54 Å². The zero-order chi connectivity index (χ0) is 11.4. The van der Waals surface area contributed by atoms with E-state index in [1.165, 1.54) is 4.88 Å². The molecule has 0 saturated heterocycles. The van der Waals surface area contributed by atoms with Crippen LogP contribution in [0.2, 0.25) is 0 Å². The molecule has 5 heteroatoms. The molecule has 0 aliphatic rings. The van der Waals surface area contributed by atoms with Crippen LogP contribution in [0.1, 0.15) is 23.7 Å². The molecule has 2 rings (SSSR count). The lowest BCUT2D eigenvalue weighted by atomic mass is 10.1. The Morgan fingerprint density at radius 2 is 2.44 bits per heavy atom. The summed E-state index contributed by atoms with van der Waals surface area (Å²) in [6.07, 6.45) is 6.65. The van der Waals surface area contributed by atoms with E-state index >= 15 is 0 Å². The monoisotopic (exact) mass is 236 g/mol. The van der Waals surface area contributed by atoms with E-state index in [1.54, 1.807) is 11.3 Å². The number of hydrogen-bond donors (Lipinski definition) is 1. The summed E-state index contributed by atoms with van der Waals surface area (Å²) >= 11 is 1.69. The van der Waals surface area contributed by atoms with Crippen molar-refractivity contribution >= 4 is 11.3 Å². The summed E-state index contributed by atoms with van der Waals surface area (Å²) in [6.45, 7) is 3.07. The quantitative estimate of drug-likeness (QED) is 0.860. The Bertz CT molecular complexity index is 421. The van der Waals surface area contributed by atoms with Crippen LogP contribution in [0.25, 0.3) is 0 Å². The number of aromatic nitrogens is 3. The lowest BCUT2D eigenvalue weighted by molar-refractivity contribution is 0.536. The summed E-state index contributed by atoms with van der Waals surface area (Å²) in [5, 5.41) is 3.47. The van der Waals surface area contributed by atoms with Gasteiger partial charge < -0.3 is 9.88 Å². The first-order valence-electron chi connectivity index (χ1n) is 5.39. The van der Waals surface area contributed by atoms with Crippen LogP contribution < -0.4 is 5.32 Å². The van der Waals surface area contributed by atoms with Crippen LogP contribution in [-0.2, 0) is 13.5 Å². The minimum absolute atomic E-state index is 0.318. The summed E-state index contributed by atoms with van der Waals surface area (Å²) in [5.74, 6) is 1.10. The van der Waals surface area contributed by atoms with Crippen molar-refractivity contribution in [1.82, 2.24) is 19.9 Å². The van der Waals surface area contributed by atoms with E-state index in [0.717, 1.165) is 18.8 Å². The van der Waals surface area contributed by atoms with Gasteiger partial charge in [-0.3, -0.25) is 4.98 Å². The summed E-state index contributed by atoms with van der Waals surface area (Å²) in [5.41, 5.74) is 1.87. The number of rotatable bonds is 5. The molecule has 1 atom stereocenters. The van der Waals surface area contributed by atoms with Crippen molar-refractivity contribution in [2.75, 3.05) is 6.54 Å². The molecule has 0 radical (unpaired) electrons. The van der Waals surface area contributed by atoms with Crippen LogP contribution in [-0.4, -0.2) is 21.1 Å². The van der Waals surface area contributed by atoms with Gasteiger partial charge in [-0.15, -0.1) is 11.3 Å². The molecule has 1 unspecified atom stereocenters. The first kappa shape index (κ1) is 11.3. The van der Waals surface area contributed by atoms with Crippen LogP contribution >= 0.6 is 11.3 Å². The Morgan fingerprint density at radius 3 is 3.00 bits per heavy atom. The standard InChI is InChI=1S/C11H16N4S/c1-3-13-9(10-7-12-8-16-10)6-11-14-4-5-15(11)2/h4-5,7-9,13H,3,6H2,1-2H3. The van der Waals surface area contributed by atoms with Gasteiger partial charge >= 0.3 is 0 Å². The fourth-order valence-corrected chi connectivity index (χ4v) is 2.39. The van der Waals surface area contributed by atoms with Crippen LogP contribution in [0.15, 0.2) is 24.1 Å². The largest absolute Gasteiger partial charge is 0.338 e. The van der Waals surface area contributed by atoms with Crippen molar-refractivity contribution in [3.8, 4) is 0 Å². The highest BCUT2D eigenvalue weighted by Gasteiger charge is 2.14. The van der Waals surface area contributed by atoms with Crippen LogP contribution in [0.4, 0.5) is 0 Å². The molecule has 0 aliphatic carbocycles. The SMILES string of the molecule is CCNC(Cc1nccn1C)c1cncs1. The molecule has 0 amide bonds. The summed E-state index contributed by atoms with van der Waals surface area (Å²) < 4.78 is 2.06. The van der Waals surface area contributed by atoms with Gasteiger partial charge in [0.05, 0.1) is 11.6 Å². The van der Waals surface area contributed by atoms with Crippen molar-refractivity contribution in [3.63, 3.8) is 0 Å². The number of nitrogens with one attached hydrogen (secondary N) is 1. The first-order valence-corrected chi connectivity index (χ1v) is 6.27. The van der Waals surface area contributed by atoms with E-state index in [-0.39, 0.29) is 0 Å². The van der Waals surface area contributed by atoms with Gasteiger partial charge in [-0.25, -0.2) is 4.98 Å². The number of likely N-dealkylation sites (N-methyl/N-ethyl adjacent to an activating group) is 1. The maximum atomic E-state index is 4.35.